The Bertz CT molecular complexity index is 3040. The number of hydrogen-bond donors (Lipinski definition) is 2. The Morgan fingerprint density at radius 2 is 1.31 bits per heavy atom. The second-order valence-corrected chi connectivity index (χ2v) is 19.4. The number of fused-ring (bicyclic) bond motifs is 2. The number of allylic oxidation sites excluding steroid dienone is 3. The molecule has 1 saturated heterocycles. The number of carbonyl (C=O) groups is 3. The molecule has 2 N–H and O–H groups in total. The van der Waals surface area contributed by atoms with Crippen molar-refractivity contribution in [1.29, 1.82) is 5.26 Å². The number of amides is 1. The lowest BCUT2D eigenvalue weighted by molar-refractivity contribution is -0.138. The summed E-state index contributed by atoms with van der Waals surface area (Å²) in [6.07, 6.45) is 18.3. The van der Waals surface area contributed by atoms with E-state index in [9.17, 15) is 34.7 Å². The standard InChI is InChI=1S/C55H54N4O6S3/c1-3-5-6-7-8-9-10-17-28-58-46-26-22-37(31-43(33-45(35-56)54(64)65)39-18-13-11-14-19-39)29-41(46)24-25-42-30-38(23-27-47(42)58)32-44(40-20-15-12-16-21-40)34-48-51(62)59(36-49(60)61)53(67-48)50-52(63)57(4-2)55(66)68-50/h11-16,18-23,26-27,29-34H,3-10,17,24-25,28,36H2,1-2H3,(H,60,61)(H,64,65)/b43-31+,44-32+,45-33+,48-34-,53-50+. The topological polar surface area (TPSA) is 144 Å². The van der Waals surface area contributed by atoms with Gasteiger partial charge in [0.25, 0.3) is 11.5 Å². The van der Waals surface area contributed by atoms with E-state index in [-0.39, 0.29) is 21.0 Å². The zero-order chi connectivity index (χ0) is 48.2. The lowest BCUT2D eigenvalue weighted by Crippen LogP contribution is -2.35. The van der Waals surface area contributed by atoms with E-state index in [1.165, 1.54) is 55.1 Å². The lowest BCUT2D eigenvalue weighted by atomic mass is 9.97. The van der Waals surface area contributed by atoms with Crippen LogP contribution < -0.4 is 19.7 Å². The van der Waals surface area contributed by atoms with E-state index in [4.69, 9.17) is 12.2 Å². The molecule has 2 aliphatic rings. The van der Waals surface area contributed by atoms with Crippen molar-refractivity contribution in [2.45, 2.75) is 84.6 Å². The van der Waals surface area contributed by atoms with Crippen molar-refractivity contribution in [2.75, 3.05) is 18.0 Å². The summed E-state index contributed by atoms with van der Waals surface area (Å²) in [5.41, 5.74) is 8.57. The fourth-order valence-corrected chi connectivity index (χ4v) is 11.2. The van der Waals surface area contributed by atoms with Crippen molar-refractivity contribution in [3.05, 3.63) is 162 Å². The summed E-state index contributed by atoms with van der Waals surface area (Å²) in [6, 6.07) is 33.9. The molecule has 10 nitrogen and oxygen atoms in total. The SMILES string of the molecule is CCCCCCCCCCN1c2ccc(/C=C(\C=c3/s/c(=C4/SC(=S)N(CC)C4=O)n(CC(=O)O)c3=O)c3ccccc3)cc2CCc2cc(/C=C(\C=C(/C#N)C(=O)O)c3ccccc3)ccc21. The lowest BCUT2D eigenvalue weighted by Gasteiger charge is -2.27. The zero-order valence-electron chi connectivity index (χ0n) is 38.3. The van der Waals surface area contributed by atoms with Crippen LogP contribution in [-0.4, -0.2) is 54.9 Å². The van der Waals surface area contributed by atoms with E-state index in [1.54, 1.807) is 6.08 Å². The van der Waals surface area contributed by atoms with Gasteiger partial charge in [-0.3, -0.25) is 23.9 Å². The van der Waals surface area contributed by atoms with Crippen LogP contribution in [0.1, 0.15) is 98.6 Å². The van der Waals surface area contributed by atoms with Gasteiger partial charge in [0, 0.05) is 24.5 Å². The third-order valence-corrected chi connectivity index (χ3v) is 14.7. The molecule has 0 radical (unpaired) electrons. The third-order valence-electron chi connectivity index (χ3n) is 12.0. The van der Waals surface area contributed by atoms with Crippen molar-refractivity contribution < 1.29 is 24.6 Å². The van der Waals surface area contributed by atoms with Gasteiger partial charge in [0.1, 0.15) is 32.1 Å². The first-order chi connectivity index (χ1) is 33.0. The second kappa shape index (κ2) is 23.4. The first-order valence-corrected chi connectivity index (χ1v) is 25.2. The number of carboxylic acids is 2. The first kappa shape index (κ1) is 49.3. The highest BCUT2D eigenvalue weighted by atomic mass is 32.2. The molecule has 1 amide bonds. The Balaban J connectivity index is 1.29. The number of hydrogen-bond acceptors (Lipinski definition) is 9. The van der Waals surface area contributed by atoms with Gasteiger partial charge >= 0.3 is 11.9 Å². The van der Waals surface area contributed by atoms with Crippen LogP contribution in [-0.2, 0) is 33.8 Å². The molecule has 68 heavy (non-hydrogen) atoms. The maximum absolute atomic E-state index is 14.1. The number of thiocarbonyl (C=S) groups is 1. The van der Waals surface area contributed by atoms with Crippen LogP contribution in [0, 0.1) is 11.3 Å². The highest BCUT2D eigenvalue weighted by molar-refractivity contribution is 8.30. The number of benzene rings is 4. The zero-order valence-corrected chi connectivity index (χ0v) is 40.7. The molecule has 0 unspecified atom stereocenters. The molecule has 348 valence electrons. The normalized spacial score (nSPS) is 15.3. The summed E-state index contributed by atoms with van der Waals surface area (Å²) >= 11 is 7.63. The number of aliphatic carboxylic acids is 2. The van der Waals surface area contributed by atoms with Gasteiger partial charge < -0.3 is 15.1 Å². The van der Waals surface area contributed by atoms with Crippen LogP contribution >= 0.6 is 35.3 Å². The summed E-state index contributed by atoms with van der Waals surface area (Å²) in [6.45, 7) is 4.64. The van der Waals surface area contributed by atoms with Crippen LogP contribution in [0.15, 0.2) is 114 Å². The van der Waals surface area contributed by atoms with Gasteiger partial charge in [0.05, 0.1) is 4.53 Å². The average Bonchev–Trinajstić information content (AvgIpc) is 3.74. The van der Waals surface area contributed by atoms with Gasteiger partial charge in [-0.05, 0) is 119 Å². The van der Waals surface area contributed by atoms with E-state index >= 15 is 0 Å². The highest BCUT2D eigenvalue weighted by Crippen LogP contribution is 2.39. The van der Waals surface area contributed by atoms with Crippen LogP contribution in [0.4, 0.5) is 11.4 Å². The molecule has 4 aromatic carbocycles. The first-order valence-electron chi connectivity index (χ1n) is 23.1. The number of nitriles is 1. The number of anilines is 2. The minimum atomic E-state index is -1.28. The summed E-state index contributed by atoms with van der Waals surface area (Å²) in [5, 5.41) is 29.2. The molecular formula is C55H54N4O6S3. The smallest absolute Gasteiger partial charge is 0.346 e. The van der Waals surface area contributed by atoms with Crippen LogP contribution in [0.2, 0.25) is 0 Å². The Hall–Kier alpha value is -6.59. The van der Waals surface area contributed by atoms with Gasteiger partial charge in [-0.1, -0.05) is 149 Å². The molecule has 2 aliphatic heterocycles. The molecule has 1 fully saturated rings. The van der Waals surface area contributed by atoms with Gasteiger partial charge in [-0.15, -0.1) is 11.3 Å². The molecule has 0 saturated carbocycles. The van der Waals surface area contributed by atoms with Crippen molar-refractivity contribution in [3.8, 4) is 6.07 Å². The molecule has 0 atom stereocenters. The van der Waals surface area contributed by atoms with E-state index in [0.29, 0.717) is 21.0 Å². The number of carbonyl (C=O) groups excluding carboxylic acids is 1. The van der Waals surface area contributed by atoms with E-state index in [2.05, 4.69) is 48.2 Å². The quantitative estimate of drug-likeness (QED) is 0.0205. The summed E-state index contributed by atoms with van der Waals surface area (Å²) in [7, 11) is 0. The predicted molar refractivity (Wildman–Crippen MR) is 281 cm³/mol. The van der Waals surface area contributed by atoms with Crippen molar-refractivity contribution in [1.82, 2.24) is 9.47 Å². The van der Waals surface area contributed by atoms with Gasteiger partial charge in [-0.25, -0.2) is 4.79 Å². The number of thioether (sulfide) groups is 1. The largest absolute Gasteiger partial charge is 0.480 e. The van der Waals surface area contributed by atoms with Crippen molar-refractivity contribution >= 4 is 103 Å². The molecular weight excluding hydrogens is 909 g/mol. The van der Waals surface area contributed by atoms with Gasteiger partial charge in [0.2, 0.25) is 0 Å². The molecule has 13 heteroatoms. The third kappa shape index (κ3) is 11.9. The number of rotatable bonds is 19. The second-order valence-electron chi connectivity index (χ2n) is 16.8. The Kier molecular flexibility index (Phi) is 17.0. The Morgan fingerprint density at radius 1 is 0.750 bits per heavy atom. The van der Waals surface area contributed by atoms with Crippen LogP contribution in [0.3, 0.4) is 0 Å². The van der Waals surface area contributed by atoms with Crippen LogP contribution in [0.25, 0.3) is 34.3 Å². The predicted octanol–water partition coefficient (Wildman–Crippen LogP) is 10.5. The van der Waals surface area contributed by atoms with Crippen LogP contribution in [0.5, 0.6) is 0 Å². The molecule has 1 aromatic heterocycles. The molecule has 7 rings (SSSR count). The Morgan fingerprint density at radius 3 is 1.84 bits per heavy atom. The van der Waals surface area contributed by atoms with Crippen molar-refractivity contribution in [3.63, 3.8) is 0 Å². The monoisotopic (exact) mass is 962 g/mol. The van der Waals surface area contributed by atoms with Gasteiger partial charge in [0.15, 0.2) is 0 Å². The minimum absolute atomic E-state index is 0.247. The van der Waals surface area contributed by atoms with Crippen molar-refractivity contribution in [2.24, 2.45) is 0 Å². The molecule has 0 aliphatic carbocycles. The van der Waals surface area contributed by atoms with E-state index in [1.807, 2.05) is 85.8 Å². The molecule has 5 aromatic rings. The summed E-state index contributed by atoms with van der Waals surface area (Å²) in [5.74, 6) is -2.82. The molecule has 0 bridgehead atoms. The highest BCUT2D eigenvalue weighted by Gasteiger charge is 2.33. The maximum atomic E-state index is 14.1. The molecule has 0 spiro atoms. The number of nitrogens with zero attached hydrogens (tertiary/aromatic N) is 4. The number of aromatic nitrogens is 1. The molecule has 3 heterocycles. The maximum Gasteiger partial charge on any atom is 0.346 e. The van der Waals surface area contributed by atoms with E-state index in [0.717, 1.165) is 105 Å². The number of unbranched alkanes of at least 4 members (excludes halogenated alkanes) is 7. The number of carboxylic acid groups (broad SMARTS) is 2. The fraction of sp³-hybridized carbons (Fsp3) is 0.273. The van der Waals surface area contributed by atoms with Gasteiger partial charge in [-0.2, -0.15) is 5.26 Å². The summed E-state index contributed by atoms with van der Waals surface area (Å²) < 4.78 is 2.08. The minimum Gasteiger partial charge on any atom is -0.480 e. The number of aryl methyl sites for hydroxylation is 2. The summed E-state index contributed by atoms with van der Waals surface area (Å²) in [4.78, 5) is 55.6. The average molecular weight is 963 g/mol. The fourth-order valence-electron chi connectivity index (χ4n) is 8.60. The van der Waals surface area contributed by atoms with E-state index < -0.39 is 24.0 Å². The Labute approximate surface area is 410 Å². The number of thiazole rings is 1.